The lowest BCUT2D eigenvalue weighted by atomic mass is 10.1. The molecule has 2 aromatic rings. The molecular weight excluding hydrogens is 388 g/mol. The second kappa shape index (κ2) is 10.6. The molecule has 160 valence electrons. The van der Waals surface area contributed by atoms with Gasteiger partial charge < -0.3 is 29.2 Å². The highest BCUT2D eigenvalue weighted by Crippen LogP contribution is 2.28. The molecule has 0 radical (unpaired) electrons. The Bertz CT molecular complexity index is 862. The summed E-state index contributed by atoms with van der Waals surface area (Å²) in [6, 6.07) is 12.3. The average Bonchev–Trinajstić information content (AvgIpc) is 2.78. The number of anilines is 1. The summed E-state index contributed by atoms with van der Waals surface area (Å²) < 4.78 is 20.9. The molecule has 8 heteroatoms. The van der Waals surface area contributed by atoms with Gasteiger partial charge in [0.05, 0.1) is 38.7 Å². The topological polar surface area (TPSA) is 87.5 Å². The SMILES string of the molecule is COc1ccc(OC)c(NC(=O)COC(=O)c2ccc(C[NH+]3CCOCC3)cc2)c1. The minimum Gasteiger partial charge on any atom is -0.497 e. The molecule has 1 fully saturated rings. The first-order valence-electron chi connectivity index (χ1n) is 9.78. The van der Waals surface area contributed by atoms with Crippen molar-refractivity contribution in [1.82, 2.24) is 0 Å². The highest BCUT2D eigenvalue weighted by molar-refractivity contribution is 5.96. The number of morpholine rings is 1. The Morgan fingerprint density at radius 1 is 1.03 bits per heavy atom. The Kier molecular flexibility index (Phi) is 7.64. The van der Waals surface area contributed by atoms with Gasteiger partial charge in [0.2, 0.25) is 0 Å². The van der Waals surface area contributed by atoms with Gasteiger partial charge in [-0.1, -0.05) is 12.1 Å². The van der Waals surface area contributed by atoms with E-state index in [1.165, 1.54) is 19.1 Å². The van der Waals surface area contributed by atoms with Crippen LogP contribution in [0.2, 0.25) is 0 Å². The molecule has 2 N–H and O–H groups in total. The van der Waals surface area contributed by atoms with Crippen molar-refractivity contribution in [3.63, 3.8) is 0 Å². The summed E-state index contributed by atoms with van der Waals surface area (Å²) in [6.07, 6.45) is 0. The van der Waals surface area contributed by atoms with E-state index in [1.807, 2.05) is 12.1 Å². The number of hydrogen-bond donors (Lipinski definition) is 2. The van der Waals surface area contributed by atoms with E-state index in [9.17, 15) is 9.59 Å². The van der Waals surface area contributed by atoms with Crippen molar-refractivity contribution >= 4 is 17.6 Å². The van der Waals surface area contributed by atoms with E-state index in [2.05, 4.69) is 5.32 Å². The van der Waals surface area contributed by atoms with Gasteiger partial charge >= 0.3 is 5.97 Å². The van der Waals surface area contributed by atoms with Crippen LogP contribution in [0, 0.1) is 0 Å². The van der Waals surface area contributed by atoms with Crippen molar-refractivity contribution in [3.05, 3.63) is 53.6 Å². The lowest BCUT2D eigenvalue weighted by Crippen LogP contribution is -3.12. The Balaban J connectivity index is 1.50. The highest BCUT2D eigenvalue weighted by atomic mass is 16.5. The molecule has 1 heterocycles. The molecule has 1 aliphatic heterocycles. The zero-order valence-electron chi connectivity index (χ0n) is 17.2. The Labute approximate surface area is 175 Å². The van der Waals surface area contributed by atoms with Crippen LogP contribution in [0.4, 0.5) is 5.69 Å². The fraction of sp³-hybridized carbons (Fsp3) is 0.364. The van der Waals surface area contributed by atoms with Crippen LogP contribution in [0.25, 0.3) is 0 Å². The van der Waals surface area contributed by atoms with Crippen molar-refractivity contribution in [2.75, 3.05) is 52.4 Å². The molecule has 30 heavy (non-hydrogen) atoms. The van der Waals surface area contributed by atoms with Gasteiger partial charge in [-0.05, 0) is 24.3 Å². The molecule has 0 bridgehead atoms. The third-order valence-corrected chi connectivity index (χ3v) is 4.86. The summed E-state index contributed by atoms with van der Waals surface area (Å²) in [7, 11) is 3.03. The van der Waals surface area contributed by atoms with Gasteiger partial charge in [-0.3, -0.25) is 4.79 Å². The van der Waals surface area contributed by atoms with Crippen LogP contribution in [0.1, 0.15) is 15.9 Å². The van der Waals surface area contributed by atoms with E-state index in [0.29, 0.717) is 22.7 Å². The van der Waals surface area contributed by atoms with E-state index in [-0.39, 0.29) is 0 Å². The van der Waals surface area contributed by atoms with Crippen LogP contribution in [-0.2, 0) is 20.8 Å². The van der Waals surface area contributed by atoms with Crippen molar-refractivity contribution in [3.8, 4) is 11.5 Å². The minimum atomic E-state index is -0.548. The number of methoxy groups -OCH3 is 2. The van der Waals surface area contributed by atoms with Gasteiger partial charge in [0, 0.05) is 11.6 Å². The average molecular weight is 415 g/mol. The van der Waals surface area contributed by atoms with E-state index < -0.39 is 18.5 Å². The third-order valence-electron chi connectivity index (χ3n) is 4.86. The predicted octanol–water partition coefficient (Wildman–Crippen LogP) is 0.914. The molecule has 0 unspecified atom stereocenters. The van der Waals surface area contributed by atoms with Gasteiger partial charge in [-0.15, -0.1) is 0 Å². The molecule has 8 nitrogen and oxygen atoms in total. The quantitative estimate of drug-likeness (QED) is 0.624. The first kappa shape index (κ1) is 21.6. The van der Waals surface area contributed by atoms with Crippen molar-refractivity contribution < 1.29 is 33.4 Å². The van der Waals surface area contributed by atoms with Crippen LogP contribution >= 0.6 is 0 Å². The van der Waals surface area contributed by atoms with E-state index in [1.54, 1.807) is 30.3 Å². The standard InChI is InChI=1S/C22H26N2O6/c1-27-18-7-8-20(28-2)19(13-18)23-21(25)15-30-22(26)17-5-3-16(4-6-17)14-24-9-11-29-12-10-24/h3-8,13H,9-12,14-15H2,1-2H3,(H,23,25)/p+1. The van der Waals surface area contributed by atoms with E-state index in [0.717, 1.165) is 38.4 Å². The molecule has 1 saturated heterocycles. The summed E-state index contributed by atoms with van der Waals surface area (Å²) in [5, 5.41) is 2.66. The lowest BCUT2D eigenvalue weighted by molar-refractivity contribution is -0.921. The van der Waals surface area contributed by atoms with Crippen LogP contribution in [0.5, 0.6) is 11.5 Å². The third kappa shape index (κ3) is 5.95. The van der Waals surface area contributed by atoms with Crippen LogP contribution < -0.4 is 19.7 Å². The lowest BCUT2D eigenvalue weighted by Gasteiger charge is -2.23. The Morgan fingerprint density at radius 2 is 1.77 bits per heavy atom. The maximum Gasteiger partial charge on any atom is 0.338 e. The largest absolute Gasteiger partial charge is 0.497 e. The number of rotatable bonds is 8. The zero-order valence-corrected chi connectivity index (χ0v) is 17.2. The molecule has 1 aliphatic rings. The number of amides is 1. The van der Waals surface area contributed by atoms with Gasteiger partial charge in [-0.25, -0.2) is 4.79 Å². The number of hydrogen-bond acceptors (Lipinski definition) is 6. The smallest absolute Gasteiger partial charge is 0.338 e. The van der Waals surface area contributed by atoms with Crippen molar-refractivity contribution in [2.24, 2.45) is 0 Å². The summed E-state index contributed by atoms with van der Waals surface area (Å²) in [5.74, 6) is 0.0334. The molecule has 0 saturated carbocycles. The molecule has 0 aliphatic carbocycles. The monoisotopic (exact) mass is 415 g/mol. The molecule has 0 atom stereocenters. The normalized spacial score (nSPS) is 14.1. The van der Waals surface area contributed by atoms with Crippen LogP contribution in [-0.4, -0.2) is 59.0 Å². The number of ether oxygens (including phenoxy) is 4. The van der Waals surface area contributed by atoms with E-state index in [4.69, 9.17) is 18.9 Å². The van der Waals surface area contributed by atoms with Crippen LogP contribution in [0.15, 0.2) is 42.5 Å². The second-order valence-electron chi connectivity index (χ2n) is 6.93. The van der Waals surface area contributed by atoms with Crippen molar-refractivity contribution in [1.29, 1.82) is 0 Å². The van der Waals surface area contributed by atoms with Gasteiger partial charge in [0.1, 0.15) is 31.1 Å². The first-order valence-corrected chi connectivity index (χ1v) is 9.78. The number of nitrogens with one attached hydrogen (secondary N) is 2. The molecule has 3 rings (SSSR count). The number of benzene rings is 2. The zero-order chi connectivity index (χ0) is 21.3. The highest BCUT2D eigenvalue weighted by Gasteiger charge is 2.16. The fourth-order valence-electron chi connectivity index (χ4n) is 3.20. The molecule has 2 aromatic carbocycles. The fourth-order valence-corrected chi connectivity index (χ4v) is 3.20. The van der Waals surface area contributed by atoms with Gasteiger partial charge in [0.15, 0.2) is 6.61 Å². The summed E-state index contributed by atoms with van der Waals surface area (Å²) >= 11 is 0. The molecule has 0 aromatic heterocycles. The number of quaternary nitrogens is 1. The Hall–Kier alpha value is -3.10. The van der Waals surface area contributed by atoms with Crippen LogP contribution in [0.3, 0.4) is 0 Å². The first-order chi connectivity index (χ1) is 14.6. The molecule has 1 amide bonds. The summed E-state index contributed by atoms with van der Waals surface area (Å²) in [6.45, 7) is 4.02. The summed E-state index contributed by atoms with van der Waals surface area (Å²) in [4.78, 5) is 25.9. The van der Waals surface area contributed by atoms with Gasteiger partial charge in [-0.2, -0.15) is 0 Å². The maximum absolute atomic E-state index is 12.3. The second-order valence-corrected chi connectivity index (χ2v) is 6.93. The van der Waals surface area contributed by atoms with Crippen molar-refractivity contribution in [2.45, 2.75) is 6.54 Å². The summed E-state index contributed by atoms with van der Waals surface area (Å²) in [5.41, 5.74) is 1.99. The number of esters is 1. The predicted molar refractivity (Wildman–Crippen MR) is 110 cm³/mol. The van der Waals surface area contributed by atoms with E-state index >= 15 is 0 Å². The number of carbonyl (C=O) groups is 2. The molecule has 0 spiro atoms. The molecular formula is C22H27N2O6+. The Morgan fingerprint density at radius 3 is 2.43 bits per heavy atom. The maximum atomic E-state index is 12.3. The van der Waals surface area contributed by atoms with Gasteiger partial charge in [0.25, 0.3) is 5.91 Å². The minimum absolute atomic E-state index is 0.404. The number of carbonyl (C=O) groups excluding carboxylic acids is 2.